The zero-order valence-electron chi connectivity index (χ0n) is 11.2. The van der Waals surface area contributed by atoms with Gasteiger partial charge in [-0.15, -0.1) is 6.42 Å². The molecule has 0 saturated carbocycles. The predicted molar refractivity (Wildman–Crippen MR) is 70.8 cm³/mol. The van der Waals surface area contributed by atoms with E-state index < -0.39 is 6.04 Å². The number of hydrogen-bond donors (Lipinski definition) is 2. The van der Waals surface area contributed by atoms with Crippen molar-refractivity contribution < 1.29 is 19.4 Å². The molecule has 0 aromatic carbocycles. The highest BCUT2D eigenvalue weighted by atomic mass is 16.5. The summed E-state index contributed by atoms with van der Waals surface area (Å²) in [7, 11) is 3.00. The lowest BCUT2D eigenvalue weighted by Crippen LogP contribution is -2.33. The summed E-state index contributed by atoms with van der Waals surface area (Å²) in [4.78, 5) is 23.3. The van der Waals surface area contributed by atoms with E-state index >= 15 is 0 Å². The van der Waals surface area contributed by atoms with Gasteiger partial charge in [-0.2, -0.15) is 0 Å². The Morgan fingerprint density at radius 1 is 1.63 bits per heavy atom. The third kappa shape index (κ3) is 6.60. The lowest BCUT2D eigenvalue weighted by Gasteiger charge is -2.24. The van der Waals surface area contributed by atoms with Crippen LogP contribution in [0.1, 0.15) is 12.8 Å². The number of carbonyl (C=O) groups is 2. The molecule has 0 spiro atoms. The quantitative estimate of drug-likeness (QED) is 0.335. The van der Waals surface area contributed by atoms with Gasteiger partial charge in [0.05, 0.1) is 12.1 Å². The summed E-state index contributed by atoms with van der Waals surface area (Å²) < 4.78 is 5.16. The number of nitrogens with one attached hydrogen (secondary N) is 1. The first kappa shape index (κ1) is 17.2. The van der Waals surface area contributed by atoms with Crippen LogP contribution in [0.25, 0.3) is 0 Å². The second kappa shape index (κ2) is 10.1. The van der Waals surface area contributed by atoms with Crippen LogP contribution in [-0.2, 0) is 14.3 Å². The number of ether oxygens (including phenoxy) is 1. The Kier molecular flexibility index (Phi) is 9.14. The monoisotopic (exact) mass is 268 g/mol. The Morgan fingerprint density at radius 3 is 2.74 bits per heavy atom. The first-order valence-electron chi connectivity index (χ1n) is 5.85. The molecule has 2 atom stereocenters. The highest BCUT2D eigenvalue weighted by Gasteiger charge is 2.18. The zero-order chi connectivity index (χ0) is 14.7. The van der Waals surface area contributed by atoms with Crippen LogP contribution < -0.4 is 5.32 Å². The van der Waals surface area contributed by atoms with Gasteiger partial charge in [-0.25, -0.2) is 0 Å². The van der Waals surface area contributed by atoms with Crippen molar-refractivity contribution in [3.63, 3.8) is 0 Å². The van der Waals surface area contributed by atoms with Gasteiger partial charge in [0.2, 0.25) is 12.3 Å². The van der Waals surface area contributed by atoms with Gasteiger partial charge in [-0.3, -0.25) is 9.59 Å². The molecule has 2 N–H and O–H groups in total. The summed E-state index contributed by atoms with van der Waals surface area (Å²) in [6, 6.07) is -0.532. The zero-order valence-corrected chi connectivity index (χ0v) is 11.2. The van der Waals surface area contributed by atoms with Crippen LogP contribution in [0.2, 0.25) is 0 Å². The third-order valence-electron chi connectivity index (χ3n) is 2.59. The van der Waals surface area contributed by atoms with E-state index in [4.69, 9.17) is 16.3 Å². The van der Waals surface area contributed by atoms with Gasteiger partial charge >= 0.3 is 0 Å². The molecule has 2 unspecified atom stereocenters. The Morgan fingerprint density at radius 2 is 2.32 bits per heavy atom. The van der Waals surface area contributed by atoms with E-state index in [2.05, 4.69) is 11.2 Å². The largest absolute Gasteiger partial charge is 0.396 e. The minimum Gasteiger partial charge on any atom is -0.396 e. The molecular formula is C13H20N2O4. The van der Waals surface area contributed by atoms with Crippen LogP contribution >= 0.6 is 0 Å². The summed E-state index contributed by atoms with van der Waals surface area (Å²) in [6.45, 7) is -0.0228. The van der Waals surface area contributed by atoms with E-state index in [1.807, 2.05) is 0 Å². The molecule has 0 aliphatic rings. The van der Waals surface area contributed by atoms with Crippen LogP contribution in [0.15, 0.2) is 12.3 Å². The maximum Gasteiger partial charge on any atom is 0.245 e. The van der Waals surface area contributed by atoms with E-state index in [1.165, 1.54) is 31.3 Å². The Balaban J connectivity index is 4.70. The van der Waals surface area contributed by atoms with E-state index in [-0.39, 0.29) is 18.6 Å². The number of rotatable bonds is 9. The smallest absolute Gasteiger partial charge is 0.245 e. The molecular weight excluding hydrogens is 248 g/mol. The number of likely N-dealkylation sites (N-methyl/N-ethyl adjacent to an activating group) is 1. The van der Waals surface area contributed by atoms with Crippen molar-refractivity contribution in [1.29, 1.82) is 0 Å². The molecule has 0 fully saturated rings. The minimum atomic E-state index is -0.532. The van der Waals surface area contributed by atoms with Crippen molar-refractivity contribution in [2.45, 2.75) is 25.0 Å². The van der Waals surface area contributed by atoms with Gasteiger partial charge in [0.15, 0.2) is 0 Å². The number of nitrogens with zero attached hydrogens (tertiary/aromatic N) is 1. The Labute approximate surface area is 113 Å². The van der Waals surface area contributed by atoms with Crippen LogP contribution in [-0.4, -0.2) is 55.2 Å². The number of amides is 2. The summed E-state index contributed by atoms with van der Waals surface area (Å²) in [6.07, 6.45) is 9.03. The van der Waals surface area contributed by atoms with Gasteiger partial charge in [-0.1, -0.05) is 5.92 Å². The highest BCUT2D eigenvalue weighted by Crippen LogP contribution is 2.11. The Bertz CT molecular complexity index is 349. The highest BCUT2D eigenvalue weighted by molar-refractivity contribution is 5.87. The molecule has 0 aliphatic heterocycles. The molecule has 0 aromatic rings. The van der Waals surface area contributed by atoms with E-state index in [0.29, 0.717) is 19.3 Å². The average molecular weight is 268 g/mol. The Hall–Kier alpha value is -1.84. The predicted octanol–water partition coefficient (Wildman–Crippen LogP) is -0.506. The van der Waals surface area contributed by atoms with Crippen LogP contribution in [0.5, 0.6) is 0 Å². The first-order valence-corrected chi connectivity index (χ1v) is 5.85. The van der Waals surface area contributed by atoms with Gasteiger partial charge in [0, 0.05) is 39.5 Å². The number of terminal acetylenes is 1. The van der Waals surface area contributed by atoms with Gasteiger partial charge in [0.25, 0.3) is 0 Å². The summed E-state index contributed by atoms with van der Waals surface area (Å²) in [5.41, 5.74) is 0. The molecule has 6 heteroatoms. The maximum absolute atomic E-state index is 11.1. The SMILES string of the molecule is C#CC(CC(CCO)OC)N(C=O)/C=C\C(=O)NC. The van der Waals surface area contributed by atoms with Crippen LogP contribution in [0, 0.1) is 12.3 Å². The molecule has 0 radical (unpaired) electrons. The standard InChI is InChI=1S/C13H20N2O4/c1-4-11(9-12(19-3)6-8-16)15(10-17)7-5-13(18)14-2/h1,5,7,10-12,16H,6,8-9H2,2-3H3,(H,14,18)/b7-5-. The van der Waals surface area contributed by atoms with Gasteiger partial charge < -0.3 is 20.1 Å². The molecule has 19 heavy (non-hydrogen) atoms. The molecule has 0 saturated heterocycles. The topological polar surface area (TPSA) is 78.9 Å². The van der Waals surface area contributed by atoms with Crippen molar-refractivity contribution in [3.05, 3.63) is 12.3 Å². The molecule has 0 heterocycles. The maximum atomic E-state index is 11.1. The van der Waals surface area contributed by atoms with Crippen molar-refractivity contribution in [2.75, 3.05) is 20.8 Å². The number of aliphatic hydroxyl groups excluding tert-OH is 1. The fourth-order valence-electron chi connectivity index (χ4n) is 1.45. The van der Waals surface area contributed by atoms with Crippen LogP contribution in [0.3, 0.4) is 0 Å². The summed E-state index contributed by atoms with van der Waals surface area (Å²) in [5, 5.41) is 11.3. The van der Waals surface area contributed by atoms with Crippen LogP contribution in [0.4, 0.5) is 0 Å². The molecule has 6 nitrogen and oxygen atoms in total. The summed E-state index contributed by atoms with van der Waals surface area (Å²) in [5.74, 6) is 2.14. The normalized spacial score (nSPS) is 13.6. The number of aliphatic hydroxyl groups is 1. The van der Waals surface area contributed by atoms with Crippen molar-refractivity contribution in [1.82, 2.24) is 10.2 Å². The van der Waals surface area contributed by atoms with E-state index in [0.717, 1.165) is 0 Å². The number of methoxy groups -OCH3 is 1. The minimum absolute atomic E-state index is 0.0228. The fourth-order valence-corrected chi connectivity index (χ4v) is 1.45. The lowest BCUT2D eigenvalue weighted by molar-refractivity contribution is -0.117. The molecule has 0 aromatic heterocycles. The average Bonchev–Trinajstić information content (AvgIpc) is 2.44. The van der Waals surface area contributed by atoms with Crippen molar-refractivity contribution in [3.8, 4) is 12.3 Å². The summed E-state index contributed by atoms with van der Waals surface area (Å²) >= 11 is 0. The molecule has 0 aliphatic carbocycles. The van der Waals surface area contributed by atoms with Gasteiger partial charge in [0.1, 0.15) is 0 Å². The molecule has 2 amide bonds. The number of hydrogen-bond acceptors (Lipinski definition) is 4. The first-order chi connectivity index (χ1) is 9.12. The second-order valence-corrected chi connectivity index (χ2v) is 3.77. The van der Waals surface area contributed by atoms with E-state index in [1.54, 1.807) is 0 Å². The fraction of sp³-hybridized carbons (Fsp3) is 0.538. The number of carbonyl (C=O) groups excluding carboxylic acids is 2. The third-order valence-corrected chi connectivity index (χ3v) is 2.59. The van der Waals surface area contributed by atoms with Crippen molar-refractivity contribution in [2.24, 2.45) is 0 Å². The molecule has 106 valence electrons. The van der Waals surface area contributed by atoms with Gasteiger partial charge in [-0.05, 0) is 6.42 Å². The lowest BCUT2D eigenvalue weighted by atomic mass is 10.1. The molecule has 0 rings (SSSR count). The molecule has 0 bridgehead atoms. The van der Waals surface area contributed by atoms with Crippen molar-refractivity contribution >= 4 is 12.3 Å². The van der Waals surface area contributed by atoms with E-state index in [9.17, 15) is 9.59 Å². The second-order valence-electron chi connectivity index (χ2n) is 3.77.